The maximum atomic E-state index is 5.62. The largest absolute Gasteiger partial charge is 0.486 e. The van der Waals surface area contributed by atoms with Crippen molar-refractivity contribution in [1.82, 2.24) is 0 Å². The summed E-state index contributed by atoms with van der Waals surface area (Å²) in [6.45, 7) is 3.81. The molecule has 1 aliphatic rings. The minimum Gasteiger partial charge on any atom is -0.486 e. The molecule has 1 aromatic rings. The minimum absolute atomic E-state index is 0.532. The van der Waals surface area contributed by atoms with Crippen LogP contribution >= 0.6 is 0 Å². The molecule has 2 rings (SSSR count). The number of nitrogens with two attached hydrogens (primary N) is 1. The summed E-state index contributed by atoms with van der Waals surface area (Å²) < 4.78 is 11.1. The molecule has 1 aliphatic heterocycles. The van der Waals surface area contributed by atoms with Crippen molar-refractivity contribution in [3.05, 3.63) is 29.3 Å². The lowest BCUT2D eigenvalue weighted by atomic mass is 10.1. The second-order valence-corrected chi connectivity index (χ2v) is 3.46. The van der Waals surface area contributed by atoms with Gasteiger partial charge in [0.25, 0.3) is 0 Å². The number of benzene rings is 1. The smallest absolute Gasteiger partial charge is 0.168 e. The number of ether oxygens (including phenoxy) is 2. The molecule has 0 saturated heterocycles. The molecule has 0 aliphatic carbocycles. The third-order valence-electron chi connectivity index (χ3n) is 2.39. The van der Waals surface area contributed by atoms with Crippen LogP contribution in [0.1, 0.15) is 11.1 Å². The third-order valence-corrected chi connectivity index (χ3v) is 2.39. The van der Waals surface area contributed by atoms with Crippen LogP contribution < -0.4 is 15.2 Å². The molecule has 15 heavy (non-hydrogen) atoms. The average molecular weight is 205 g/mol. The average Bonchev–Trinajstić information content (AvgIpc) is 2.28. The van der Waals surface area contributed by atoms with Crippen LogP contribution in [-0.2, 0) is 0 Å². The van der Waals surface area contributed by atoms with Crippen molar-refractivity contribution in [1.29, 1.82) is 0 Å². The van der Waals surface area contributed by atoms with Gasteiger partial charge in [-0.05, 0) is 18.6 Å². The Morgan fingerprint density at radius 1 is 1.33 bits per heavy atom. The van der Waals surface area contributed by atoms with Gasteiger partial charge >= 0.3 is 0 Å². The topological polar surface area (TPSA) is 44.5 Å². The van der Waals surface area contributed by atoms with Crippen molar-refractivity contribution >= 4 is 6.08 Å². The van der Waals surface area contributed by atoms with E-state index in [-0.39, 0.29) is 0 Å². The monoisotopic (exact) mass is 205 g/mol. The van der Waals surface area contributed by atoms with E-state index in [2.05, 4.69) is 6.92 Å². The molecule has 0 radical (unpaired) electrons. The van der Waals surface area contributed by atoms with E-state index in [4.69, 9.17) is 15.2 Å². The predicted octanol–water partition coefficient (Wildman–Crippen LogP) is 1.74. The SMILES string of the molecule is Cc1ccc2c(c1/C=C/CN)OCCO2. The number of rotatable bonds is 2. The van der Waals surface area contributed by atoms with Crippen LogP contribution in [0.15, 0.2) is 18.2 Å². The molecule has 3 heteroatoms. The highest BCUT2D eigenvalue weighted by molar-refractivity contribution is 5.66. The lowest BCUT2D eigenvalue weighted by Gasteiger charge is -2.21. The molecule has 3 nitrogen and oxygen atoms in total. The summed E-state index contributed by atoms with van der Waals surface area (Å²) in [4.78, 5) is 0. The van der Waals surface area contributed by atoms with Crippen molar-refractivity contribution in [3.8, 4) is 11.5 Å². The number of hydrogen-bond donors (Lipinski definition) is 1. The van der Waals surface area contributed by atoms with E-state index in [9.17, 15) is 0 Å². The van der Waals surface area contributed by atoms with E-state index in [0.717, 1.165) is 17.1 Å². The Morgan fingerprint density at radius 3 is 2.93 bits per heavy atom. The quantitative estimate of drug-likeness (QED) is 0.799. The second-order valence-electron chi connectivity index (χ2n) is 3.46. The Bertz CT molecular complexity index is 385. The van der Waals surface area contributed by atoms with Crippen molar-refractivity contribution < 1.29 is 9.47 Å². The normalized spacial score (nSPS) is 14.5. The van der Waals surface area contributed by atoms with Crippen molar-refractivity contribution in [2.75, 3.05) is 19.8 Å². The minimum atomic E-state index is 0.532. The molecule has 1 aromatic carbocycles. The Hall–Kier alpha value is -1.48. The molecular weight excluding hydrogens is 190 g/mol. The molecule has 0 aromatic heterocycles. The molecule has 0 saturated carbocycles. The molecule has 80 valence electrons. The third kappa shape index (κ3) is 1.97. The molecule has 0 bridgehead atoms. The molecule has 0 fully saturated rings. The highest BCUT2D eigenvalue weighted by Crippen LogP contribution is 2.36. The fourth-order valence-electron chi connectivity index (χ4n) is 1.63. The molecule has 0 unspecified atom stereocenters. The summed E-state index contributed by atoms with van der Waals surface area (Å²) in [7, 11) is 0. The van der Waals surface area contributed by atoms with Crippen LogP contribution in [0.5, 0.6) is 11.5 Å². The van der Waals surface area contributed by atoms with Gasteiger partial charge in [0, 0.05) is 12.1 Å². The number of hydrogen-bond acceptors (Lipinski definition) is 3. The van der Waals surface area contributed by atoms with Crippen molar-refractivity contribution in [2.24, 2.45) is 5.73 Å². The predicted molar refractivity (Wildman–Crippen MR) is 60.3 cm³/mol. The van der Waals surface area contributed by atoms with E-state index in [1.54, 1.807) is 0 Å². The van der Waals surface area contributed by atoms with E-state index in [1.807, 2.05) is 24.3 Å². The van der Waals surface area contributed by atoms with Crippen molar-refractivity contribution in [2.45, 2.75) is 6.92 Å². The molecule has 1 heterocycles. The fraction of sp³-hybridized carbons (Fsp3) is 0.333. The summed E-state index contributed by atoms with van der Waals surface area (Å²) in [6.07, 6.45) is 3.91. The molecule has 2 N–H and O–H groups in total. The van der Waals surface area contributed by atoms with Gasteiger partial charge in [-0.3, -0.25) is 0 Å². The highest BCUT2D eigenvalue weighted by atomic mass is 16.6. The van der Waals surface area contributed by atoms with Crippen LogP contribution in [0.3, 0.4) is 0 Å². The summed E-state index contributed by atoms with van der Waals surface area (Å²) in [5.74, 6) is 1.66. The zero-order valence-corrected chi connectivity index (χ0v) is 8.82. The van der Waals surface area contributed by atoms with Gasteiger partial charge in [-0.1, -0.05) is 18.2 Å². The summed E-state index contributed by atoms with van der Waals surface area (Å²) >= 11 is 0. The molecular formula is C12H15NO2. The summed E-state index contributed by atoms with van der Waals surface area (Å²) in [6, 6.07) is 3.98. The number of aryl methyl sites for hydroxylation is 1. The number of fused-ring (bicyclic) bond motifs is 1. The van der Waals surface area contributed by atoms with Gasteiger partial charge in [0.05, 0.1) is 0 Å². The molecule has 0 atom stereocenters. The molecule has 0 spiro atoms. The summed E-state index contributed by atoms with van der Waals surface area (Å²) in [5, 5.41) is 0. The van der Waals surface area contributed by atoms with Crippen molar-refractivity contribution in [3.63, 3.8) is 0 Å². The second kappa shape index (κ2) is 4.36. The summed E-state index contributed by atoms with van der Waals surface area (Å²) in [5.41, 5.74) is 7.68. The first kappa shape index (κ1) is 10.1. The standard InChI is InChI=1S/C12H15NO2/c1-9-4-5-11-12(15-8-7-14-11)10(9)3-2-6-13/h2-5H,6-8,13H2,1H3/b3-2+. The zero-order chi connectivity index (χ0) is 10.7. The van der Waals surface area contributed by atoms with Gasteiger partial charge in [0.2, 0.25) is 0 Å². The first-order chi connectivity index (χ1) is 7.33. The lowest BCUT2D eigenvalue weighted by molar-refractivity contribution is 0.171. The van der Waals surface area contributed by atoms with E-state index < -0.39 is 0 Å². The Kier molecular flexibility index (Phi) is 2.92. The first-order valence-corrected chi connectivity index (χ1v) is 5.08. The van der Waals surface area contributed by atoms with Gasteiger partial charge in [-0.15, -0.1) is 0 Å². The van der Waals surface area contributed by atoms with E-state index in [1.165, 1.54) is 5.56 Å². The van der Waals surface area contributed by atoms with Gasteiger partial charge in [0.15, 0.2) is 11.5 Å². The fourth-order valence-corrected chi connectivity index (χ4v) is 1.63. The lowest BCUT2D eigenvalue weighted by Crippen LogP contribution is -2.16. The Labute approximate surface area is 89.5 Å². The van der Waals surface area contributed by atoms with Crippen LogP contribution in [-0.4, -0.2) is 19.8 Å². The Morgan fingerprint density at radius 2 is 2.13 bits per heavy atom. The highest BCUT2D eigenvalue weighted by Gasteiger charge is 2.15. The van der Waals surface area contributed by atoms with Crippen LogP contribution in [0.2, 0.25) is 0 Å². The maximum Gasteiger partial charge on any atom is 0.168 e. The molecule has 0 amide bonds. The van der Waals surface area contributed by atoms with Crippen LogP contribution in [0.25, 0.3) is 6.08 Å². The van der Waals surface area contributed by atoms with Gasteiger partial charge in [-0.25, -0.2) is 0 Å². The maximum absolute atomic E-state index is 5.62. The van der Waals surface area contributed by atoms with Gasteiger partial charge in [0.1, 0.15) is 13.2 Å². The zero-order valence-electron chi connectivity index (χ0n) is 8.82. The van der Waals surface area contributed by atoms with Gasteiger partial charge in [-0.2, -0.15) is 0 Å². The van der Waals surface area contributed by atoms with Gasteiger partial charge < -0.3 is 15.2 Å². The van der Waals surface area contributed by atoms with E-state index in [0.29, 0.717) is 19.8 Å². The first-order valence-electron chi connectivity index (χ1n) is 5.08. The van der Waals surface area contributed by atoms with Crippen LogP contribution in [0.4, 0.5) is 0 Å². The van der Waals surface area contributed by atoms with E-state index >= 15 is 0 Å². The Balaban J connectivity index is 2.45. The van der Waals surface area contributed by atoms with Crippen LogP contribution in [0, 0.1) is 6.92 Å².